The maximum atomic E-state index is 12.5. The minimum Gasteiger partial charge on any atom is -0.461 e. The molecule has 0 saturated heterocycles. The molecule has 0 saturated carbocycles. The van der Waals surface area contributed by atoms with Gasteiger partial charge in [0.25, 0.3) is 0 Å². The van der Waals surface area contributed by atoms with E-state index in [0.717, 1.165) is 18.4 Å². The molecule has 2 atom stereocenters. The van der Waals surface area contributed by atoms with E-state index in [4.69, 9.17) is 16.2 Å². The monoisotopic (exact) mass is 539 g/mol. The number of carbonyl (C=O) groups is 3. The van der Waals surface area contributed by atoms with Crippen LogP contribution in [0.3, 0.4) is 0 Å². The molecule has 7 nitrogen and oxygen atoms in total. The van der Waals surface area contributed by atoms with Crippen molar-refractivity contribution < 1.29 is 19.1 Å². The summed E-state index contributed by atoms with van der Waals surface area (Å²) in [5.74, 6) is -1.05. The molecule has 0 fully saturated rings. The minimum atomic E-state index is -0.736. The summed E-state index contributed by atoms with van der Waals surface area (Å²) < 4.78 is 5.25. The number of ether oxygens (including phenoxy) is 1. The number of primary amides is 1. The van der Waals surface area contributed by atoms with Crippen molar-refractivity contribution in [1.29, 1.82) is 0 Å². The third kappa shape index (κ3) is 19.6. The molecule has 0 spiro atoms. The Balaban J connectivity index is 0.0000130. The first-order chi connectivity index (χ1) is 17.4. The largest absolute Gasteiger partial charge is 0.461 e. The Morgan fingerprint density at radius 2 is 1.41 bits per heavy atom. The molecule has 5 N–H and O–H groups in total. The van der Waals surface area contributed by atoms with Crippen molar-refractivity contribution in [3.63, 3.8) is 0 Å². The van der Waals surface area contributed by atoms with Crippen LogP contribution in [0.15, 0.2) is 30.3 Å². The van der Waals surface area contributed by atoms with Gasteiger partial charge in [0.15, 0.2) is 0 Å². The van der Waals surface area contributed by atoms with Crippen molar-refractivity contribution in [3.8, 4) is 0 Å². The van der Waals surface area contributed by atoms with Crippen LogP contribution in [0.1, 0.15) is 115 Å². The highest BCUT2D eigenvalue weighted by Gasteiger charge is 2.20. The van der Waals surface area contributed by atoms with E-state index in [9.17, 15) is 14.4 Å². The number of unbranched alkanes of at least 4 members (excludes halogenated alkanes) is 10. The molecule has 0 unspecified atom stereocenters. The van der Waals surface area contributed by atoms with Gasteiger partial charge in [-0.25, -0.2) is 0 Å². The molecule has 37 heavy (non-hydrogen) atoms. The van der Waals surface area contributed by atoms with Crippen molar-refractivity contribution in [3.05, 3.63) is 35.9 Å². The van der Waals surface area contributed by atoms with E-state index in [1.54, 1.807) is 0 Å². The predicted molar refractivity (Wildman–Crippen MR) is 152 cm³/mol. The third-order valence-electron chi connectivity index (χ3n) is 6.43. The highest BCUT2D eigenvalue weighted by atomic mass is 35.5. The lowest BCUT2D eigenvalue weighted by atomic mass is 10.0. The molecular formula is C29H50ClN3O4. The van der Waals surface area contributed by atoms with Gasteiger partial charge in [0.2, 0.25) is 11.8 Å². The van der Waals surface area contributed by atoms with Crippen LogP contribution in [0.25, 0.3) is 0 Å². The van der Waals surface area contributed by atoms with Gasteiger partial charge in [0, 0.05) is 18.9 Å². The average molecular weight is 540 g/mol. The van der Waals surface area contributed by atoms with Crippen molar-refractivity contribution in [2.45, 2.75) is 128 Å². The SMILES string of the molecule is CCCCCCCCCCCCC[C@@H](CC(N)=O)NC(=O)[C@@H](N)CCCC(=O)OCc1ccccc1.Cl. The van der Waals surface area contributed by atoms with Crippen LogP contribution < -0.4 is 16.8 Å². The quantitative estimate of drug-likeness (QED) is 0.128. The second-order valence-electron chi connectivity index (χ2n) is 9.85. The summed E-state index contributed by atoms with van der Waals surface area (Å²) >= 11 is 0. The summed E-state index contributed by atoms with van der Waals surface area (Å²) in [6, 6.07) is 8.45. The molecule has 212 valence electrons. The van der Waals surface area contributed by atoms with Crippen LogP contribution in [-0.4, -0.2) is 29.9 Å². The highest BCUT2D eigenvalue weighted by molar-refractivity contribution is 5.85. The Kier molecular flexibility index (Phi) is 21.7. The van der Waals surface area contributed by atoms with E-state index in [1.807, 2.05) is 30.3 Å². The zero-order valence-corrected chi connectivity index (χ0v) is 23.6. The van der Waals surface area contributed by atoms with E-state index in [-0.39, 0.29) is 49.8 Å². The van der Waals surface area contributed by atoms with Gasteiger partial charge in [-0.3, -0.25) is 14.4 Å². The van der Waals surface area contributed by atoms with Gasteiger partial charge < -0.3 is 21.5 Å². The molecule has 0 aliphatic heterocycles. The topological polar surface area (TPSA) is 125 Å². The Hall–Kier alpha value is -2.12. The molecular weight excluding hydrogens is 490 g/mol. The first kappa shape index (κ1) is 34.9. The van der Waals surface area contributed by atoms with Crippen LogP contribution in [-0.2, 0) is 25.7 Å². The molecule has 0 heterocycles. The van der Waals surface area contributed by atoms with Crippen LogP contribution in [0.5, 0.6) is 0 Å². The zero-order valence-electron chi connectivity index (χ0n) is 22.8. The number of hydrogen-bond acceptors (Lipinski definition) is 5. The molecule has 2 amide bonds. The van der Waals surface area contributed by atoms with E-state index in [2.05, 4.69) is 12.2 Å². The second-order valence-corrected chi connectivity index (χ2v) is 9.85. The summed E-state index contributed by atoms with van der Waals surface area (Å²) in [5, 5.41) is 2.89. The fourth-order valence-electron chi connectivity index (χ4n) is 4.24. The molecule has 1 rings (SSSR count). The van der Waals surface area contributed by atoms with E-state index in [0.29, 0.717) is 19.3 Å². The molecule has 1 aromatic carbocycles. The van der Waals surface area contributed by atoms with Crippen LogP contribution in [0, 0.1) is 0 Å². The van der Waals surface area contributed by atoms with E-state index >= 15 is 0 Å². The maximum absolute atomic E-state index is 12.5. The van der Waals surface area contributed by atoms with Gasteiger partial charge in [-0.05, 0) is 24.8 Å². The lowest BCUT2D eigenvalue weighted by molar-refractivity contribution is -0.145. The van der Waals surface area contributed by atoms with Crippen molar-refractivity contribution in [2.24, 2.45) is 11.5 Å². The number of esters is 1. The van der Waals surface area contributed by atoms with Crippen LogP contribution in [0.2, 0.25) is 0 Å². The first-order valence-corrected chi connectivity index (χ1v) is 14.0. The van der Waals surface area contributed by atoms with Gasteiger partial charge in [0.1, 0.15) is 6.61 Å². The fraction of sp³-hybridized carbons (Fsp3) is 0.690. The number of amides is 2. The van der Waals surface area contributed by atoms with Crippen molar-refractivity contribution in [1.82, 2.24) is 5.32 Å². The van der Waals surface area contributed by atoms with Crippen LogP contribution >= 0.6 is 12.4 Å². The molecule has 8 heteroatoms. The summed E-state index contributed by atoms with van der Waals surface area (Å²) in [5.41, 5.74) is 12.3. The molecule has 0 bridgehead atoms. The smallest absolute Gasteiger partial charge is 0.306 e. The van der Waals surface area contributed by atoms with Gasteiger partial charge in [-0.1, -0.05) is 108 Å². The summed E-state index contributed by atoms with van der Waals surface area (Å²) in [6.45, 7) is 2.48. The Morgan fingerprint density at radius 1 is 0.838 bits per heavy atom. The Labute approximate surface area is 230 Å². The van der Waals surface area contributed by atoms with Crippen LogP contribution in [0.4, 0.5) is 0 Å². The standard InChI is InChI=1S/C29H49N3O4.ClH/c1-2-3-4-5-6-7-8-9-10-11-15-19-25(22-27(31)33)32-29(35)26(30)20-16-21-28(34)36-23-24-17-13-12-14-18-24;/h12-14,17-18,25-26H,2-11,15-16,19-23,30H2,1H3,(H2,31,33)(H,32,35);1H/t25-,26-;/m0./s1. The number of carbonyl (C=O) groups excluding carboxylic acids is 3. The number of benzene rings is 1. The Bertz CT molecular complexity index is 733. The van der Waals surface area contributed by atoms with Crippen molar-refractivity contribution in [2.75, 3.05) is 0 Å². The molecule has 0 aliphatic carbocycles. The number of nitrogens with two attached hydrogens (primary N) is 2. The van der Waals surface area contributed by atoms with Gasteiger partial charge in [-0.2, -0.15) is 0 Å². The Morgan fingerprint density at radius 3 is 1.97 bits per heavy atom. The molecule has 0 aromatic heterocycles. The number of hydrogen-bond donors (Lipinski definition) is 3. The lowest BCUT2D eigenvalue weighted by Gasteiger charge is -2.20. The first-order valence-electron chi connectivity index (χ1n) is 14.0. The fourth-order valence-corrected chi connectivity index (χ4v) is 4.24. The second kappa shape index (κ2) is 23.0. The zero-order chi connectivity index (χ0) is 26.4. The number of rotatable bonds is 22. The number of halogens is 1. The van der Waals surface area contributed by atoms with Gasteiger partial charge in [-0.15, -0.1) is 12.4 Å². The summed E-state index contributed by atoms with van der Waals surface area (Å²) in [6.07, 6.45) is 15.6. The average Bonchev–Trinajstić information content (AvgIpc) is 2.86. The van der Waals surface area contributed by atoms with Gasteiger partial charge in [0.05, 0.1) is 6.04 Å². The highest BCUT2D eigenvalue weighted by Crippen LogP contribution is 2.14. The summed E-state index contributed by atoms with van der Waals surface area (Å²) in [4.78, 5) is 35.9. The molecule has 0 aliphatic rings. The minimum absolute atomic E-state index is 0. The van der Waals surface area contributed by atoms with Gasteiger partial charge >= 0.3 is 5.97 Å². The third-order valence-corrected chi connectivity index (χ3v) is 6.43. The molecule has 1 aromatic rings. The maximum Gasteiger partial charge on any atom is 0.306 e. The van der Waals surface area contributed by atoms with E-state index in [1.165, 1.54) is 57.8 Å². The van der Waals surface area contributed by atoms with E-state index < -0.39 is 11.9 Å². The number of nitrogens with one attached hydrogen (secondary N) is 1. The lowest BCUT2D eigenvalue weighted by Crippen LogP contribution is -2.46. The predicted octanol–water partition coefficient (Wildman–Crippen LogP) is 5.71. The van der Waals surface area contributed by atoms with Crippen molar-refractivity contribution >= 4 is 30.2 Å². The molecule has 0 radical (unpaired) electrons. The normalized spacial score (nSPS) is 12.3. The summed E-state index contributed by atoms with van der Waals surface area (Å²) in [7, 11) is 0.